The number of rotatable bonds is 6. The molecule has 156 valence electrons. The molecule has 2 aromatic heterocycles. The van der Waals surface area contributed by atoms with E-state index in [1.807, 2.05) is 54.6 Å². The number of aromatic amines is 1. The van der Waals surface area contributed by atoms with Gasteiger partial charge >= 0.3 is 0 Å². The lowest BCUT2D eigenvalue weighted by Crippen LogP contribution is -2.01. The van der Waals surface area contributed by atoms with Crippen molar-refractivity contribution in [2.75, 3.05) is 13.7 Å². The van der Waals surface area contributed by atoms with Crippen molar-refractivity contribution in [3.8, 4) is 22.9 Å². The zero-order valence-corrected chi connectivity index (χ0v) is 17.8. The Kier molecular flexibility index (Phi) is 4.90. The van der Waals surface area contributed by atoms with Crippen LogP contribution in [0.2, 0.25) is 0 Å². The minimum absolute atomic E-state index is 0.605. The van der Waals surface area contributed by atoms with Crippen LogP contribution in [0.5, 0.6) is 11.5 Å². The Labute approximate surface area is 180 Å². The fraction of sp³-hybridized carbons (Fsp3) is 0.240. The number of methoxy groups -OCH3 is 1. The summed E-state index contributed by atoms with van der Waals surface area (Å²) in [7, 11) is 1.66. The van der Waals surface area contributed by atoms with E-state index in [9.17, 15) is 0 Å². The molecule has 3 aromatic carbocycles. The summed E-state index contributed by atoms with van der Waals surface area (Å²) in [6.07, 6.45) is 1.01. The van der Waals surface area contributed by atoms with Crippen molar-refractivity contribution in [3.05, 3.63) is 54.6 Å². The van der Waals surface area contributed by atoms with Crippen molar-refractivity contribution >= 4 is 33.1 Å². The van der Waals surface area contributed by atoms with Crippen LogP contribution in [0.25, 0.3) is 44.5 Å². The van der Waals surface area contributed by atoms with Gasteiger partial charge in [-0.2, -0.15) is 0 Å². The van der Waals surface area contributed by atoms with Crippen molar-refractivity contribution in [2.45, 2.75) is 20.3 Å². The molecule has 5 rings (SSSR count). The van der Waals surface area contributed by atoms with Gasteiger partial charge in [-0.25, -0.2) is 15.0 Å². The van der Waals surface area contributed by atoms with Crippen molar-refractivity contribution < 1.29 is 9.47 Å². The highest BCUT2D eigenvalue weighted by Crippen LogP contribution is 2.33. The van der Waals surface area contributed by atoms with Crippen LogP contribution in [0.4, 0.5) is 0 Å². The molecule has 5 aromatic rings. The molecule has 0 aliphatic rings. The average Bonchev–Trinajstić information content (AvgIpc) is 3.18. The number of benzene rings is 3. The number of ether oxygens (including phenoxy) is 2. The van der Waals surface area contributed by atoms with E-state index < -0.39 is 0 Å². The maximum atomic E-state index is 5.87. The van der Waals surface area contributed by atoms with Crippen LogP contribution in [0.3, 0.4) is 0 Å². The van der Waals surface area contributed by atoms with Crippen LogP contribution in [0, 0.1) is 5.92 Å². The number of H-pyrrole nitrogens is 1. The molecule has 6 heteroatoms. The fourth-order valence-electron chi connectivity index (χ4n) is 3.62. The third kappa shape index (κ3) is 3.77. The zero-order chi connectivity index (χ0) is 21.4. The number of hydrogen-bond donors (Lipinski definition) is 1. The van der Waals surface area contributed by atoms with Gasteiger partial charge in [-0.15, -0.1) is 0 Å². The molecule has 0 bridgehead atoms. The van der Waals surface area contributed by atoms with E-state index in [0.29, 0.717) is 18.3 Å². The van der Waals surface area contributed by atoms with E-state index in [1.165, 1.54) is 0 Å². The number of nitrogens with zero attached hydrogens (tertiary/aromatic N) is 3. The molecule has 0 aliphatic carbocycles. The standard InChI is InChI=1S/C25H24N4O2/c1-15(2)10-11-31-16-8-9-17(24(12-16)30-3)25-28-22-13-20-21(14-23(22)29-25)27-19-7-5-4-6-18(19)26-20/h4-9,12-15H,10-11H2,1-3H3,(H,28,29). The second-order valence-electron chi connectivity index (χ2n) is 8.05. The Bertz CT molecular complexity index is 1320. The normalized spacial score (nSPS) is 11.6. The van der Waals surface area contributed by atoms with Gasteiger partial charge in [-0.3, -0.25) is 0 Å². The zero-order valence-electron chi connectivity index (χ0n) is 17.8. The Morgan fingerprint density at radius 3 is 2.29 bits per heavy atom. The molecule has 0 saturated carbocycles. The molecular formula is C25H24N4O2. The highest BCUT2D eigenvalue weighted by atomic mass is 16.5. The van der Waals surface area contributed by atoms with Gasteiger partial charge in [0.2, 0.25) is 0 Å². The molecular weight excluding hydrogens is 388 g/mol. The molecule has 0 unspecified atom stereocenters. The average molecular weight is 412 g/mol. The first-order valence-electron chi connectivity index (χ1n) is 10.5. The summed E-state index contributed by atoms with van der Waals surface area (Å²) in [5, 5.41) is 0. The van der Waals surface area contributed by atoms with Gasteiger partial charge in [0, 0.05) is 6.07 Å². The van der Waals surface area contributed by atoms with Gasteiger partial charge in [-0.05, 0) is 48.7 Å². The smallest absolute Gasteiger partial charge is 0.142 e. The number of imidazole rings is 1. The number of nitrogens with one attached hydrogen (secondary N) is 1. The Hall–Kier alpha value is -3.67. The Morgan fingerprint density at radius 1 is 0.839 bits per heavy atom. The molecule has 0 aliphatic heterocycles. The van der Waals surface area contributed by atoms with Crippen molar-refractivity contribution in [1.82, 2.24) is 19.9 Å². The summed E-state index contributed by atoms with van der Waals surface area (Å²) in [5.74, 6) is 2.85. The molecule has 0 fully saturated rings. The SMILES string of the molecule is COc1cc(OCCC(C)C)ccc1-c1nc2cc3nc4ccccc4nc3cc2[nH]1. The highest BCUT2D eigenvalue weighted by Gasteiger charge is 2.14. The highest BCUT2D eigenvalue weighted by molar-refractivity contribution is 5.95. The summed E-state index contributed by atoms with van der Waals surface area (Å²) in [6, 6.07) is 17.7. The van der Waals surface area contributed by atoms with Crippen LogP contribution in [0.15, 0.2) is 54.6 Å². The summed E-state index contributed by atoms with van der Waals surface area (Å²) >= 11 is 0. The summed E-state index contributed by atoms with van der Waals surface area (Å²) < 4.78 is 11.5. The number of fused-ring (bicyclic) bond motifs is 3. The maximum Gasteiger partial charge on any atom is 0.142 e. The first kappa shape index (κ1) is 19.3. The quantitative estimate of drug-likeness (QED) is 0.359. The van der Waals surface area contributed by atoms with E-state index in [-0.39, 0.29) is 0 Å². The predicted molar refractivity (Wildman–Crippen MR) is 124 cm³/mol. The molecule has 2 heterocycles. The van der Waals surface area contributed by atoms with Crippen LogP contribution >= 0.6 is 0 Å². The van der Waals surface area contributed by atoms with Crippen molar-refractivity contribution in [2.24, 2.45) is 5.92 Å². The Morgan fingerprint density at radius 2 is 1.58 bits per heavy atom. The first-order chi connectivity index (χ1) is 15.1. The predicted octanol–water partition coefficient (Wildman–Crippen LogP) is 5.76. The van der Waals surface area contributed by atoms with Gasteiger partial charge in [0.1, 0.15) is 17.3 Å². The lowest BCUT2D eigenvalue weighted by Gasteiger charge is -2.11. The van der Waals surface area contributed by atoms with E-state index in [0.717, 1.165) is 56.7 Å². The van der Waals surface area contributed by atoms with Gasteiger partial charge < -0.3 is 14.5 Å². The van der Waals surface area contributed by atoms with E-state index in [4.69, 9.17) is 24.4 Å². The van der Waals surface area contributed by atoms with Gasteiger partial charge in [0.05, 0.1) is 52.4 Å². The van der Waals surface area contributed by atoms with Gasteiger partial charge in [0.15, 0.2) is 0 Å². The molecule has 31 heavy (non-hydrogen) atoms. The molecule has 1 N–H and O–H groups in total. The first-order valence-corrected chi connectivity index (χ1v) is 10.5. The Balaban J connectivity index is 1.53. The molecule has 6 nitrogen and oxygen atoms in total. The summed E-state index contributed by atoms with van der Waals surface area (Å²) in [6.45, 7) is 5.06. The van der Waals surface area contributed by atoms with Gasteiger partial charge in [0.25, 0.3) is 0 Å². The number of para-hydroxylation sites is 2. The van der Waals surface area contributed by atoms with Crippen LogP contribution in [-0.2, 0) is 0 Å². The maximum absolute atomic E-state index is 5.87. The lowest BCUT2D eigenvalue weighted by atomic mass is 10.1. The second kappa shape index (κ2) is 7.87. The van der Waals surface area contributed by atoms with E-state index in [1.54, 1.807) is 7.11 Å². The summed E-state index contributed by atoms with van der Waals surface area (Å²) in [5.41, 5.74) is 6.04. The minimum atomic E-state index is 0.605. The molecule has 0 radical (unpaired) electrons. The fourth-order valence-corrected chi connectivity index (χ4v) is 3.62. The van der Waals surface area contributed by atoms with Gasteiger partial charge in [-0.1, -0.05) is 26.0 Å². The third-order valence-corrected chi connectivity index (χ3v) is 5.33. The van der Waals surface area contributed by atoms with Crippen LogP contribution in [0.1, 0.15) is 20.3 Å². The van der Waals surface area contributed by atoms with Crippen LogP contribution < -0.4 is 9.47 Å². The number of hydrogen-bond acceptors (Lipinski definition) is 5. The molecule has 0 amide bonds. The third-order valence-electron chi connectivity index (χ3n) is 5.33. The van der Waals surface area contributed by atoms with E-state index >= 15 is 0 Å². The van der Waals surface area contributed by atoms with Crippen LogP contribution in [-0.4, -0.2) is 33.7 Å². The topological polar surface area (TPSA) is 72.9 Å². The largest absolute Gasteiger partial charge is 0.496 e. The monoisotopic (exact) mass is 412 g/mol. The lowest BCUT2D eigenvalue weighted by molar-refractivity contribution is 0.288. The van der Waals surface area contributed by atoms with E-state index in [2.05, 4.69) is 18.8 Å². The molecule has 0 saturated heterocycles. The van der Waals surface area contributed by atoms with Crippen molar-refractivity contribution in [3.63, 3.8) is 0 Å². The molecule has 0 atom stereocenters. The number of aromatic nitrogens is 4. The summed E-state index contributed by atoms with van der Waals surface area (Å²) in [4.78, 5) is 17.7. The minimum Gasteiger partial charge on any atom is -0.496 e. The van der Waals surface area contributed by atoms with Crippen molar-refractivity contribution in [1.29, 1.82) is 0 Å². The second-order valence-corrected chi connectivity index (χ2v) is 8.05. The molecule has 0 spiro atoms.